The molecule has 2 amide bonds. The molecule has 0 aliphatic carbocycles. The van der Waals surface area contributed by atoms with Crippen LogP contribution in [0.5, 0.6) is 5.75 Å². The summed E-state index contributed by atoms with van der Waals surface area (Å²) in [5, 5.41) is 29.7. The molecule has 1 aromatic rings. The number of amides is 2. The van der Waals surface area contributed by atoms with E-state index in [1.807, 2.05) is 13.0 Å². The first-order valence-electron chi connectivity index (χ1n) is 11.4. The minimum Gasteiger partial charge on any atom is -0.508 e. The Labute approximate surface area is 203 Å². The van der Waals surface area contributed by atoms with Gasteiger partial charge < -0.3 is 25.1 Å². The molecule has 0 unspecified atom stereocenters. The normalized spacial score (nSPS) is 29.7. The molecule has 0 spiro atoms. The van der Waals surface area contributed by atoms with Gasteiger partial charge in [0.1, 0.15) is 11.4 Å². The van der Waals surface area contributed by atoms with Crippen LogP contribution >= 0.6 is 11.8 Å². The number of phenols is 1. The topological polar surface area (TPSA) is 122 Å². The molecule has 34 heavy (non-hydrogen) atoms. The Bertz CT molecular complexity index is 1040. The first kappa shape index (κ1) is 24.6. The second-order valence-corrected chi connectivity index (χ2v) is 10.9. The van der Waals surface area contributed by atoms with Crippen molar-refractivity contribution < 1.29 is 29.7 Å². The molecule has 3 N–H and O–H groups in total. The van der Waals surface area contributed by atoms with Crippen LogP contribution in [0.25, 0.3) is 0 Å². The van der Waals surface area contributed by atoms with E-state index in [1.54, 1.807) is 44.1 Å². The van der Waals surface area contributed by atoms with Crippen LogP contribution in [0, 0.1) is 11.8 Å². The van der Waals surface area contributed by atoms with Gasteiger partial charge in [-0.2, -0.15) is 0 Å². The number of thioether (sulfide) groups is 1. The summed E-state index contributed by atoms with van der Waals surface area (Å²) in [5.41, 5.74) is 0.891. The van der Waals surface area contributed by atoms with Crippen molar-refractivity contribution in [3.8, 4) is 5.75 Å². The number of nitrogens with zero attached hydrogens (tertiary/aromatic N) is 3. The number of rotatable bonds is 7. The van der Waals surface area contributed by atoms with E-state index in [0.717, 1.165) is 5.56 Å². The van der Waals surface area contributed by atoms with Crippen molar-refractivity contribution in [3.05, 3.63) is 40.4 Å². The second-order valence-electron chi connectivity index (χ2n) is 9.60. The van der Waals surface area contributed by atoms with E-state index < -0.39 is 18.0 Å². The lowest BCUT2D eigenvalue weighted by Gasteiger charge is -2.46. The fraction of sp³-hybridized carbons (Fsp3) is 0.542. The molecule has 0 radical (unpaired) electrons. The number of likely N-dealkylation sites (tertiary alicyclic amines) is 1. The number of hydrogen-bond acceptors (Lipinski definition) is 7. The fourth-order valence-electron chi connectivity index (χ4n) is 5.42. The Morgan fingerprint density at radius 2 is 2.00 bits per heavy atom. The molecule has 184 valence electrons. The summed E-state index contributed by atoms with van der Waals surface area (Å²) in [4.78, 5) is 43.3. The van der Waals surface area contributed by atoms with E-state index in [0.29, 0.717) is 24.4 Å². The maximum Gasteiger partial charge on any atom is 0.353 e. The van der Waals surface area contributed by atoms with Crippen LogP contribution < -0.4 is 0 Å². The van der Waals surface area contributed by atoms with Gasteiger partial charge in [0, 0.05) is 43.3 Å². The molecule has 3 aliphatic rings. The van der Waals surface area contributed by atoms with E-state index in [2.05, 4.69) is 4.90 Å². The van der Waals surface area contributed by atoms with Crippen LogP contribution in [-0.4, -0.2) is 91.9 Å². The van der Waals surface area contributed by atoms with Crippen LogP contribution in [-0.2, 0) is 20.9 Å². The van der Waals surface area contributed by atoms with Gasteiger partial charge in [0.2, 0.25) is 11.8 Å². The highest BCUT2D eigenvalue weighted by Crippen LogP contribution is 2.52. The highest BCUT2D eigenvalue weighted by molar-refractivity contribution is 8.03. The lowest BCUT2D eigenvalue weighted by molar-refractivity contribution is -0.163. The number of phenolic OH excluding ortho intramolecular Hbond substituents is 1. The predicted octanol–water partition coefficient (Wildman–Crippen LogP) is 1.31. The Morgan fingerprint density at radius 1 is 1.29 bits per heavy atom. The van der Waals surface area contributed by atoms with Gasteiger partial charge in [-0.3, -0.25) is 14.5 Å². The van der Waals surface area contributed by atoms with Crippen molar-refractivity contribution in [1.82, 2.24) is 14.7 Å². The van der Waals surface area contributed by atoms with Gasteiger partial charge in [0.05, 0.1) is 24.1 Å². The number of fused-ring (bicyclic) bond motifs is 1. The van der Waals surface area contributed by atoms with Crippen LogP contribution in [0.1, 0.15) is 25.8 Å². The summed E-state index contributed by atoms with van der Waals surface area (Å²) in [5.74, 6) is -2.17. The quantitative estimate of drug-likeness (QED) is 0.490. The van der Waals surface area contributed by atoms with Crippen LogP contribution in [0.3, 0.4) is 0 Å². The second kappa shape index (κ2) is 9.24. The Balaban J connectivity index is 1.58. The maximum atomic E-state index is 12.9. The van der Waals surface area contributed by atoms with Gasteiger partial charge >= 0.3 is 5.97 Å². The van der Waals surface area contributed by atoms with Gasteiger partial charge in [-0.15, -0.1) is 11.8 Å². The van der Waals surface area contributed by atoms with Gasteiger partial charge in [-0.25, -0.2) is 4.79 Å². The highest BCUT2D eigenvalue weighted by atomic mass is 32.2. The summed E-state index contributed by atoms with van der Waals surface area (Å²) in [7, 11) is 3.43. The minimum absolute atomic E-state index is 0.00585. The van der Waals surface area contributed by atoms with E-state index in [4.69, 9.17) is 0 Å². The lowest BCUT2D eigenvalue weighted by Crippen LogP contribution is -2.63. The standard InChI is InChI=1S/C24H31N3O6S/c1-12-19-18(13(2)28)23(31)27(19)20(24(32)33)21(12)34-16-9-17(22(30)25(3)4)26(11-16)10-14-6-5-7-15(29)8-14/h5-8,12-13,16-19,28-29H,9-11H2,1-4H3,(H,32,33)/t12-,13-,16+,17+,18-,19-/m1/s1. The van der Waals surface area contributed by atoms with E-state index in [1.165, 1.54) is 16.7 Å². The molecular weight excluding hydrogens is 458 g/mol. The Kier molecular flexibility index (Phi) is 6.67. The first-order chi connectivity index (χ1) is 16.0. The summed E-state index contributed by atoms with van der Waals surface area (Å²) in [6, 6.07) is 6.21. The number of carbonyl (C=O) groups is 3. The first-order valence-corrected chi connectivity index (χ1v) is 12.3. The van der Waals surface area contributed by atoms with E-state index in [9.17, 15) is 29.7 Å². The minimum atomic E-state index is -1.15. The largest absolute Gasteiger partial charge is 0.508 e. The summed E-state index contributed by atoms with van der Waals surface area (Å²) in [6.45, 7) is 4.51. The molecular formula is C24H31N3O6S. The molecule has 10 heteroatoms. The number of benzene rings is 1. The summed E-state index contributed by atoms with van der Waals surface area (Å²) < 4.78 is 0. The van der Waals surface area contributed by atoms with Crippen LogP contribution in [0.2, 0.25) is 0 Å². The zero-order chi connectivity index (χ0) is 24.9. The molecule has 3 heterocycles. The highest BCUT2D eigenvalue weighted by Gasteiger charge is 2.60. The monoisotopic (exact) mass is 489 g/mol. The van der Waals surface area contributed by atoms with Gasteiger partial charge in [-0.05, 0) is 31.0 Å². The number of carbonyl (C=O) groups excluding carboxylic acids is 2. The molecule has 0 saturated carbocycles. The smallest absolute Gasteiger partial charge is 0.353 e. The average molecular weight is 490 g/mol. The van der Waals surface area contributed by atoms with Crippen LogP contribution in [0.4, 0.5) is 0 Å². The van der Waals surface area contributed by atoms with Crippen molar-refractivity contribution in [3.63, 3.8) is 0 Å². The summed E-state index contributed by atoms with van der Waals surface area (Å²) >= 11 is 1.43. The molecule has 2 fully saturated rings. The average Bonchev–Trinajstić information content (AvgIpc) is 3.24. The number of aromatic hydroxyl groups is 1. The lowest BCUT2D eigenvalue weighted by atomic mass is 9.79. The molecule has 6 atom stereocenters. The van der Waals surface area contributed by atoms with Crippen molar-refractivity contribution >= 4 is 29.5 Å². The zero-order valence-corrected chi connectivity index (χ0v) is 20.5. The van der Waals surface area contributed by atoms with Crippen molar-refractivity contribution in [1.29, 1.82) is 0 Å². The van der Waals surface area contributed by atoms with E-state index >= 15 is 0 Å². The molecule has 1 aromatic carbocycles. The molecule has 4 rings (SSSR count). The molecule has 0 bridgehead atoms. The third kappa shape index (κ3) is 4.18. The Morgan fingerprint density at radius 3 is 2.59 bits per heavy atom. The maximum absolute atomic E-state index is 12.9. The Hall–Kier alpha value is -2.56. The number of aliphatic hydroxyl groups is 1. The molecule has 9 nitrogen and oxygen atoms in total. The zero-order valence-electron chi connectivity index (χ0n) is 19.7. The van der Waals surface area contributed by atoms with Gasteiger partial charge in [-0.1, -0.05) is 19.1 Å². The number of carboxylic acids is 1. The van der Waals surface area contributed by atoms with Crippen molar-refractivity contribution in [2.24, 2.45) is 11.8 Å². The number of β-lactam (4-membered cyclic amide) rings is 1. The fourth-order valence-corrected chi connectivity index (χ4v) is 6.98. The van der Waals surface area contributed by atoms with Crippen LogP contribution in [0.15, 0.2) is 34.9 Å². The SMILES string of the molecule is C[C@@H](O)[C@H]1C(=O)N2C(C(=O)O)=C(S[C@H]3C[C@@H](C(=O)N(C)C)N(Cc4cccc(O)c4)C3)[C@H](C)[C@H]12. The third-order valence-corrected chi connectivity index (χ3v) is 8.49. The van der Waals surface area contributed by atoms with Crippen molar-refractivity contribution in [2.75, 3.05) is 20.6 Å². The molecule has 0 aromatic heterocycles. The van der Waals surface area contributed by atoms with Gasteiger partial charge in [0.25, 0.3) is 0 Å². The number of likely N-dealkylation sites (N-methyl/N-ethyl adjacent to an activating group) is 1. The summed E-state index contributed by atoms with van der Waals surface area (Å²) in [6.07, 6.45) is -0.302. The molecule has 3 aliphatic heterocycles. The number of hydrogen-bond donors (Lipinski definition) is 3. The number of aliphatic carboxylic acids is 1. The van der Waals surface area contributed by atoms with E-state index in [-0.39, 0.29) is 46.5 Å². The van der Waals surface area contributed by atoms with Gasteiger partial charge in [0.15, 0.2) is 0 Å². The predicted molar refractivity (Wildman–Crippen MR) is 127 cm³/mol. The third-order valence-electron chi connectivity index (χ3n) is 6.99. The molecule has 2 saturated heterocycles. The van der Waals surface area contributed by atoms with Crippen molar-refractivity contribution in [2.45, 2.75) is 50.3 Å². The number of aliphatic hydroxyl groups excluding tert-OH is 1. The number of carboxylic acid groups (broad SMARTS) is 1.